The zero-order chi connectivity index (χ0) is 17.6. The Balaban J connectivity index is 1.58. The summed E-state index contributed by atoms with van der Waals surface area (Å²) in [4.78, 5) is 23.5. The first-order chi connectivity index (χ1) is 12.2. The number of amides is 2. The number of para-hydroxylation sites is 1. The number of benzene rings is 2. The van der Waals surface area contributed by atoms with Crippen molar-refractivity contribution in [1.82, 2.24) is 10.6 Å². The number of hydrogen-bond donors (Lipinski definition) is 2. The molecule has 128 valence electrons. The van der Waals surface area contributed by atoms with E-state index in [1.165, 1.54) is 6.26 Å². The summed E-state index contributed by atoms with van der Waals surface area (Å²) in [7, 11) is 1.56. The van der Waals surface area contributed by atoms with Gasteiger partial charge in [-0.2, -0.15) is 0 Å². The van der Waals surface area contributed by atoms with Crippen molar-refractivity contribution < 1.29 is 18.7 Å². The minimum atomic E-state index is -0.191. The number of nitrogens with one attached hydrogen (secondary N) is 2. The lowest BCUT2D eigenvalue weighted by molar-refractivity contribution is -0.122. The van der Waals surface area contributed by atoms with Gasteiger partial charge in [-0.05, 0) is 23.8 Å². The molecule has 2 amide bonds. The molecule has 3 aromatic rings. The van der Waals surface area contributed by atoms with E-state index in [0.717, 1.165) is 10.9 Å². The molecule has 1 aromatic heterocycles. The quantitative estimate of drug-likeness (QED) is 0.724. The average molecular weight is 338 g/mol. The van der Waals surface area contributed by atoms with E-state index in [1.54, 1.807) is 19.2 Å². The van der Waals surface area contributed by atoms with Crippen LogP contribution in [-0.2, 0) is 11.3 Å². The van der Waals surface area contributed by atoms with Crippen molar-refractivity contribution in [2.75, 3.05) is 13.7 Å². The lowest BCUT2D eigenvalue weighted by atomic mass is 10.1. The molecule has 1 heterocycles. The van der Waals surface area contributed by atoms with E-state index in [1.807, 2.05) is 36.4 Å². The number of carbonyl (C=O) groups is 2. The Labute approximate surface area is 144 Å². The fourth-order valence-electron chi connectivity index (χ4n) is 2.36. The van der Waals surface area contributed by atoms with E-state index >= 15 is 0 Å². The third-order valence-electron chi connectivity index (χ3n) is 3.75. The first kappa shape index (κ1) is 16.6. The van der Waals surface area contributed by atoms with Gasteiger partial charge in [0, 0.05) is 19.0 Å². The van der Waals surface area contributed by atoms with Crippen molar-refractivity contribution in [2.24, 2.45) is 0 Å². The molecule has 0 spiro atoms. The largest absolute Gasteiger partial charge is 0.484 e. The zero-order valence-corrected chi connectivity index (χ0v) is 13.7. The highest BCUT2D eigenvalue weighted by molar-refractivity contribution is 6.05. The van der Waals surface area contributed by atoms with E-state index in [9.17, 15) is 9.59 Å². The summed E-state index contributed by atoms with van der Waals surface area (Å²) in [6.07, 6.45) is 1.47. The summed E-state index contributed by atoms with van der Waals surface area (Å²) in [6.45, 7) is 0.355. The second kappa shape index (κ2) is 7.53. The van der Waals surface area contributed by atoms with Crippen LogP contribution in [-0.4, -0.2) is 25.5 Å². The molecule has 0 fully saturated rings. The number of fused-ring (bicyclic) bond motifs is 1. The van der Waals surface area contributed by atoms with Gasteiger partial charge < -0.3 is 19.8 Å². The van der Waals surface area contributed by atoms with Crippen molar-refractivity contribution in [1.29, 1.82) is 0 Å². The van der Waals surface area contributed by atoms with Crippen LogP contribution in [0.5, 0.6) is 5.75 Å². The molecular weight excluding hydrogens is 320 g/mol. The van der Waals surface area contributed by atoms with Gasteiger partial charge in [0.05, 0.1) is 5.56 Å². The monoisotopic (exact) mass is 338 g/mol. The average Bonchev–Trinajstić information content (AvgIpc) is 3.09. The highest BCUT2D eigenvalue weighted by Gasteiger charge is 2.12. The number of likely N-dealkylation sites (N-methyl/N-ethyl adjacent to an activating group) is 1. The number of hydrogen-bond acceptors (Lipinski definition) is 4. The van der Waals surface area contributed by atoms with Crippen molar-refractivity contribution in [2.45, 2.75) is 6.54 Å². The molecule has 2 N–H and O–H groups in total. The van der Waals surface area contributed by atoms with Crippen LogP contribution in [0, 0.1) is 0 Å². The lowest BCUT2D eigenvalue weighted by Crippen LogP contribution is -2.24. The maximum atomic E-state index is 12.3. The van der Waals surface area contributed by atoms with Crippen LogP contribution in [0.25, 0.3) is 11.0 Å². The highest BCUT2D eigenvalue weighted by atomic mass is 16.5. The maximum absolute atomic E-state index is 12.3. The van der Waals surface area contributed by atoms with Crippen LogP contribution in [0.3, 0.4) is 0 Å². The van der Waals surface area contributed by atoms with Crippen LogP contribution in [0.2, 0.25) is 0 Å². The zero-order valence-electron chi connectivity index (χ0n) is 13.7. The topological polar surface area (TPSA) is 80.6 Å². The molecule has 6 heteroatoms. The Hall–Kier alpha value is -3.28. The molecule has 0 bridgehead atoms. The third-order valence-corrected chi connectivity index (χ3v) is 3.75. The van der Waals surface area contributed by atoms with E-state index in [0.29, 0.717) is 23.4 Å². The molecular formula is C19H18N2O4. The Morgan fingerprint density at radius 3 is 2.60 bits per heavy atom. The van der Waals surface area contributed by atoms with Crippen molar-refractivity contribution >= 4 is 22.8 Å². The minimum Gasteiger partial charge on any atom is -0.484 e. The molecule has 25 heavy (non-hydrogen) atoms. The number of rotatable bonds is 6. The summed E-state index contributed by atoms with van der Waals surface area (Å²) >= 11 is 0. The van der Waals surface area contributed by atoms with Crippen LogP contribution in [0.15, 0.2) is 59.2 Å². The number of carbonyl (C=O) groups excluding carboxylic acids is 2. The van der Waals surface area contributed by atoms with Gasteiger partial charge in [0.1, 0.15) is 17.6 Å². The Bertz CT molecular complexity index is 884. The summed E-state index contributed by atoms with van der Waals surface area (Å²) in [5.41, 5.74) is 2.12. The van der Waals surface area contributed by atoms with Gasteiger partial charge in [0.2, 0.25) is 0 Å². The van der Waals surface area contributed by atoms with Crippen molar-refractivity contribution in [3.63, 3.8) is 0 Å². The second-order valence-electron chi connectivity index (χ2n) is 5.43. The van der Waals surface area contributed by atoms with Gasteiger partial charge in [-0.15, -0.1) is 0 Å². The van der Waals surface area contributed by atoms with Crippen LogP contribution < -0.4 is 15.4 Å². The van der Waals surface area contributed by atoms with Crippen molar-refractivity contribution in [3.8, 4) is 5.75 Å². The second-order valence-corrected chi connectivity index (χ2v) is 5.43. The van der Waals surface area contributed by atoms with Gasteiger partial charge in [-0.3, -0.25) is 9.59 Å². The third kappa shape index (κ3) is 3.98. The van der Waals surface area contributed by atoms with E-state index in [4.69, 9.17) is 9.15 Å². The van der Waals surface area contributed by atoms with Gasteiger partial charge in [0.15, 0.2) is 6.61 Å². The highest BCUT2D eigenvalue weighted by Crippen LogP contribution is 2.20. The smallest absolute Gasteiger partial charge is 0.257 e. The number of ether oxygens (including phenoxy) is 1. The summed E-state index contributed by atoms with van der Waals surface area (Å²) < 4.78 is 10.7. The predicted octanol–water partition coefficient (Wildman–Crippen LogP) is 2.49. The molecule has 0 saturated carbocycles. The van der Waals surface area contributed by atoms with E-state index < -0.39 is 0 Å². The summed E-state index contributed by atoms with van der Waals surface area (Å²) in [5.74, 6) is 0.216. The Morgan fingerprint density at radius 1 is 1.08 bits per heavy atom. The Kier molecular flexibility index (Phi) is 4.99. The first-order valence-electron chi connectivity index (χ1n) is 7.84. The first-order valence-corrected chi connectivity index (χ1v) is 7.84. The molecule has 0 aliphatic rings. The number of furan rings is 1. The van der Waals surface area contributed by atoms with Crippen molar-refractivity contribution in [3.05, 3.63) is 65.9 Å². The van der Waals surface area contributed by atoms with Gasteiger partial charge in [-0.1, -0.05) is 30.3 Å². The molecule has 0 aliphatic heterocycles. The normalized spacial score (nSPS) is 10.4. The molecule has 0 unspecified atom stereocenters. The Morgan fingerprint density at radius 2 is 1.84 bits per heavy atom. The van der Waals surface area contributed by atoms with Gasteiger partial charge in [-0.25, -0.2) is 0 Å². The fraction of sp³-hybridized carbons (Fsp3) is 0.158. The summed E-state index contributed by atoms with van der Waals surface area (Å²) in [6, 6.07) is 14.6. The fourth-order valence-corrected chi connectivity index (χ4v) is 2.36. The van der Waals surface area contributed by atoms with E-state index in [2.05, 4.69) is 10.6 Å². The maximum Gasteiger partial charge on any atom is 0.257 e. The molecule has 0 atom stereocenters. The van der Waals surface area contributed by atoms with Gasteiger partial charge >= 0.3 is 0 Å². The minimum absolute atomic E-state index is 0.0276. The molecule has 3 rings (SSSR count). The molecule has 0 radical (unpaired) electrons. The van der Waals surface area contributed by atoms with E-state index in [-0.39, 0.29) is 18.4 Å². The standard InChI is InChI=1S/C19H18N2O4/c1-20-18(22)12-24-14-8-6-13(7-9-14)10-21-19(23)16-11-25-17-5-3-2-4-15(16)17/h2-9,11H,10,12H2,1H3,(H,20,22)(H,21,23). The molecule has 6 nitrogen and oxygen atoms in total. The molecule has 0 saturated heterocycles. The van der Waals surface area contributed by atoms with Gasteiger partial charge in [0.25, 0.3) is 11.8 Å². The predicted molar refractivity (Wildman–Crippen MR) is 93.4 cm³/mol. The summed E-state index contributed by atoms with van der Waals surface area (Å²) in [5, 5.41) is 6.14. The van der Waals surface area contributed by atoms with Crippen LogP contribution in [0.4, 0.5) is 0 Å². The van der Waals surface area contributed by atoms with Crippen LogP contribution >= 0.6 is 0 Å². The molecule has 0 aliphatic carbocycles. The molecule has 2 aromatic carbocycles. The SMILES string of the molecule is CNC(=O)COc1ccc(CNC(=O)c2coc3ccccc23)cc1. The lowest BCUT2D eigenvalue weighted by Gasteiger charge is -2.07. The van der Waals surface area contributed by atoms with Crippen LogP contribution in [0.1, 0.15) is 15.9 Å².